The summed E-state index contributed by atoms with van der Waals surface area (Å²) in [5.74, 6) is 0.869. The van der Waals surface area contributed by atoms with Crippen molar-refractivity contribution in [3.05, 3.63) is 72.1 Å². The van der Waals surface area contributed by atoms with Crippen LogP contribution in [0.3, 0.4) is 0 Å². The number of rotatable bonds is 8. The number of pyridine rings is 1. The maximum Gasteiger partial charge on any atom is 0.269 e. The van der Waals surface area contributed by atoms with Crippen molar-refractivity contribution >= 4 is 49.5 Å². The van der Waals surface area contributed by atoms with Crippen LogP contribution < -0.4 is 20.1 Å². The molecule has 0 spiro atoms. The minimum Gasteiger partial charge on any atom is -0.457 e. The molecule has 4 N–H and O–H groups in total. The summed E-state index contributed by atoms with van der Waals surface area (Å²) < 4.78 is 28.9. The highest BCUT2D eigenvalue weighted by Crippen LogP contribution is 2.31. The van der Waals surface area contributed by atoms with Crippen molar-refractivity contribution in [2.75, 3.05) is 17.1 Å². The summed E-state index contributed by atoms with van der Waals surface area (Å²) in [7, 11) is 1.55. The number of anilines is 2. The number of ether oxygens (including phenoxy) is 1. The average molecular weight is 470 g/mol. The molecule has 0 radical (unpaired) electrons. The number of amides is 1. The Labute approximate surface area is 190 Å². The molecule has 0 saturated heterocycles. The zero-order valence-corrected chi connectivity index (χ0v) is 18.5. The molecular formula is C21H19N5O4S2. The van der Waals surface area contributed by atoms with Crippen molar-refractivity contribution < 1.29 is 18.3 Å². The van der Waals surface area contributed by atoms with E-state index in [0.717, 1.165) is 20.9 Å². The van der Waals surface area contributed by atoms with Gasteiger partial charge >= 0.3 is 0 Å². The van der Waals surface area contributed by atoms with E-state index in [1.165, 1.54) is 17.5 Å². The molecule has 164 valence electrons. The summed E-state index contributed by atoms with van der Waals surface area (Å²) in [6.45, 7) is 0.560. The number of carbonyl (C=O) groups excluding carboxylic acids is 1. The van der Waals surface area contributed by atoms with Crippen LogP contribution in [-0.4, -0.2) is 31.7 Å². The fourth-order valence-corrected chi connectivity index (χ4v) is 4.10. The van der Waals surface area contributed by atoms with Gasteiger partial charge in [0.15, 0.2) is 5.13 Å². The van der Waals surface area contributed by atoms with Crippen LogP contribution in [-0.2, 0) is 17.8 Å². The van der Waals surface area contributed by atoms with Crippen molar-refractivity contribution in [3.63, 3.8) is 0 Å². The Morgan fingerprint density at radius 1 is 1.12 bits per heavy atom. The predicted octanol–water partition coefficient (Wildman–Crippen LogP) is 4.00. The van der Waals surface area contributed by atoms with Gasteiger partial charge in [-0.15, -0.1) is 0 Å². The van der Waals surface area contributed by atoms with E-state index < -0.39 is 11.3 Å². The van der Waals surface area contributed by atoms with E-state index in [0.29, 0.717) is 23.7 Å². The van der Waals surface area contributed by atoms with E-state index in [2.05, 4.69) is 25.3 Å². The molecule has 0 fully saturated rings. The molecule has 32 heavy (non-hydrogen) atoms. The zero-order chi connectivity index (χ0) is 22.5. The number of hydrogen-bond donors (Lipinski definition) is 4. The molecule has 0 aliphatic rings. The van der Waals surface area contributed by atoms with Crippen molar-refractivity contribution in [1.82, 2.24) is 15.3 Å². The summed E-state index contributed by atoms with van der Waals surface area (Å²) in [5.41, 5.74) is 2.70. The van der Waals surface area contributed by atoms with Gasteiger partial charge in [0.25, 0.3) is 17.2 Å². The predicted molar refractivity (Wildman–Crippen MR) is 125 cm³/mol. The SMILES string of the molecule is CNC(=O)c1cc(Oc2ccc3nc(NCc4ccc(NS(=O)O)cc4)sc3c2)ccn1. The molecule has 1 unspecified atom stereocenters. The van der Waals surface area contributed by atoms with Crippen LogP contribution in [0.1, 0.15) is 16.1 Å². The molecule has 9 nitrogen and oxygen atoms in total. The monoisotopic (exact) mass is 469 g/mol. The topological polar surface area (TPSA) is 125 Å². The van der Waals surface area contributed by atoms with E-state index in [-0.39, 0.29) is 11.6 Å². The zero-order valence-electron chi connectivity index (χ0n) is 16.9. The third-order valence-electron chi connectivity index (χ3n) is 4.39. The van der Waals surface area contributed by atoms with E-state index in [9.17, 15) is 9.00 Å². The number of nitrogens with zero attached hydrogens (tertiary/aromatic N) is 2. The minimum atomic E-state index is -2.09. The number of carbonyl (C=O) groups is 1. The van der Waals surface area contributed by atoms with Crippen molar-refractivity contribution in [1.29, 1.82) is 0 Å². The fraction of sp³-hybridized carbons (Fsp3) is 0.0952. The smallest absolute Gasteiger partial charge is 0.269 e. The van der Waals surface area contributed by atoms with Gasteiger partial charge < -0.3 is 15.4 Å². The van der Waals surface area contributed by atoms with Crippen LogP contribution in [0.15, 0.2) is 60.8 Å². The number of fused-ring (bicyclic) bond motifs is 1. The second-order valence-electron chi connectivity index (χ2n) is 6.61. The molecule has 4 rings (SSSR count). The van der Waals surface area contributed by atoms with Crippen molar-refractivity contribution in [3.8, 4) is 11.5 Å². The first-order valence-corrected chi connectivity index (χ1v) is 11.4. The largest absolute Gasteiger partial charge is 0.457 e. The normalized spacial score (nSPS) is 11.7. The molecule has 2 heterocycles. The highest BCUT2D eigenvalue weighted by molar-refractivity contribution is 7.80. The molecule has 11 heteroatoms. The molecule has 0 saturated carbocycles. The molecule has 2 aromatic heterocycles. The molecule has 1 atom stereocenters. The van der Waals surface area contributed by atoms with Crippen LogP contribution in [0.5, 0.6) is 11.5 Å². The summed E-state index contributed by atoms with van der Waals surface area (Å²) >= 11 is -0.590. The lowest BCUT2D eigenvalue weighted by molar-refractivity contribution is 0.0958. The lowest BCUT2D eigenvalue weighted by atomic mass is 10.2. The minimum absolute atomic E-state index is 0.279. The highest BCUT2D eigenvalue weighted by atomic mass is 32.2. The van der Waals surface area contributed by atoms with Gasteiger partial charge in [0.2, 0.25) is 0 Å². The van der Waals surface area contributed by atoms with E-state index in [1.807, 2.05) is 30.3 Å². The van der Waals surface area contributed by atoms with Gasteiger partial charge in [-0.1, -0.05) is 23.5 Å². The summed E-state index contributed by atoms with van der Waals surface area (Å²) in [4.78, 5) is 20.4. The first kappa shape index (κ1) is 21.7. The molecule has 0 aliphatic heterocycles. The first-order valence-electron chi connectivity index (χ1n) is 9.47. The Kier molecular flexibility index (Phi) is 6.59. The highest BCUT2D eigenvalue weighted by Gasteiger charge is 2.09. The molecule has 0 aliphatic carbocycles. The third kappa shape index (κ3) is 5.38. The van der Waals surface area contributed by atoms with Gasteiger partial charge in [0.1, 0.15) is 17.2 Å². The third-order valence-corrected chi connectivity index (χ3v) is 5.78. The lowest BCUT2D eigenvalue weighted by Crippen LogP contribution is -2.18. The number of hydrogen-bond acceptors (Lipinski definition) is 7. The summed E-state index contributed by atoms with van der Waals surface area (Å²) in [5, 5.41) is 6.59. The Bertz CT molecular complexity index is 1280. The number of nitrogens with one attached hydrogen (secondary N) is 3. The standard InChI is InChI=1S/C21H19N5O4S2/c1-22-20(27)18-10-16(8-9-23-18)30-15-6-7-17-19(11-15)31-21(25-17)24-12-13-2-4-14(5-3-13)26-32(28)29/h2-11,26H,12H2,1H3,(H,22,27)(H,24,25)(H,28,29). The van der Waals surface area contributed by atoms with E-state index in [1.54, 1.807) is 31.3 Å². The Balaban J connectivity index is 1.43. The number of aromatic nitrogens is 2. The molecule has 0 bridgehead atoms. The van der Waals surface area contributed by atoms with E-state index in [4.69, 9.17) is 9.29 Å². The van der Waals surface area contributed by atoms with Crippen LogP contribution in [0.25, 0.3) is 10.2 Å². The van der Waals surface area contributed by atoms with Crippen LogP contribution >= 0.6 is 11.3 Å². The summed E-state index contributed by atoms with van der Waals surface area (Å²) in [6, 6.07) is 16.1. The second-order valence-corrected chi connectivity index (χ2v) is 8.34. The fourth-order valence-electron chi connectivity index (χ4n) is 2.88. The molecule has 1 amide bonds. The quantitative estimate of drug-likeness (QED) is 0.287. The van der Waals surface area contributed by atoms with Crippen LogP contribution in [0, 0.1) is 0 Å². The van der Waals surface area contributed by atoms with Crippen LogP contribution in [0.4, 0.5) is 10.8 Å². The molecular weight excluding hydrogens is 450 g/mol. The Hall–Kier alpha value is -3.54. The number of benzene rings is 2. The maximum absolute atomic E-state index is 11.8. The van der Waals surface area contributed by atoms with Gasteiger partial charge in [-0.05, 0) is 35.9 Å². The summed E-state index contributed by atoms with van der Waals surface area (Å²) in [6.07, 6.45) is 1.53. The number of thiazole rings is 1. The molecule has 2 aromatic carbocycles. The first-order chi connectivity index (χ1) is 15.5. The van der Waals surface area contributed by atoms with Gasteiger partial charge in [0, 0.05) is 37.6 Å². The average Bonchev–Trinajstić information content (AvgIpc) is 3.20. The lowest BCUT2D eigenvalue weighted by Gasteiger charge is -2.06. The second kappa shape index (κ2) is 9.73. The van der Waals surface area contributed by atoms with Crippen LogP contribution in [0.2, 0.25) is 0 Å². The van der Waals surface area contributed by atoms with Gasteiger partial charge in [0.05, 0.1) is 10.2 Å². The van der Waals surface area contributed by atoms with Crippen molar-refractivity contribution in [2.24, 2.45) is 0 Å². The van der Waals surface area contributed by atoms with Gasteiger partial charge in [-0.25, -0.2) is 9.19 Å². The maximum atomic E-state index is 11.8. The van der Waals surface area contributed by atoms with E-state index >= 15 is 0 Å². The van der Waals surface area contributed by atoms with Gasteiger partial charge in [-0.3, -0.25) is 19.1 Å². The Morgan fingerprint density at radius 3 is 2.66 bits per heavy atom. The van der Waals surface area contributed by atoms with Gasteiger partial charge in [-0.2, -0.15) is 0 Å². The Morgan fingerprint density at radius 2 is 1.91 bits per heavy atom. The molecule has 4 aromatic rings. The van der Waals surface area contributed by atoms with Crippen molar-refractivity contribution in [2.45, 2.75) is 6.54 Å².